The first-order valence-corrected chi connectivity index (χ1v) is 7.46. The zero-order chi connectivity index (χ0) is 14.1. The van der Waals surface area contributed by atoms with Gasteiger partial charge in [0.1, 0.15) is 6.33 Å². The molecule has 5 heteroatoms. The molecule has 108 valence electrons. The van der Waals surface area contributed by atoms with Crippen LogP contribution in [0.2, 0.25) is 0 Å². The zero-order valence-corrected chi connectivity index (χ0v) is 12.2. The minimum absolute atomic E-state index is 0.103. The highest BCUT2D eigenvalue weighted by atomic mass is 16.2. The number of hydrogen-bond acceptors (Lipinski definition) is 4. The van der Waals surface area contributed by atoms with Gasteiger partial charge in [0.15, 0.2) is 0 Å². The molecule has 0 N–H and O–H groups in total. The van der Waals surface area contributed by atoms with Crippen molar-refractivity contribution in [2.75, 3.05) is 20.1 Å². The van der Waals surface area contributed by atoms with Crippen molar-refractivity contribution in [3.8, 4) is 0 Å². The molecule has 3 heterocycles. The summed E-state index contributed by atoms with van der Waals surface area (Å²) in [6, 6.07) is 0.876. The van der Waals surface area contributed by atoms with Gasteiger partial charge in [0.05, 0.1) is 11.3 Å². The summed E-state index contributed by atoms with van der Waals surface area (Å²) in [6.45, 7) is 3.89. The fourth-order valence-corrected chi connectivity index (χ4v) is 3.62. The number of likely N-dealkylation sites (tertiary alicyclic amines) is 2. The van der Waals surface area contributed by atoms with Crippen molar-refractivity contribution in [3.63, 3.8) is 0 Å². The third kappa shape index (κ3) is 2.30. The van der Waals surface area contributed by atoms with Gasteiger partial charge in [-0.3, -0.25) is 4.79 Å². The smallest absolute Gasteiger partial charge is 0.257 e. The van der Waals surface area contributed by atoms with Crippen LogP contribution in [0.25, 0.3) is 0 Å². The lowest BCUT2D eigenvalue weighted by Gasteiger charge is -2.33. The molecule has 0 aliphatic carbocycles. The molecule has 0 bridgehead atoms. The number of rotatable bonds is 2. The van der Waals surface area contributed by atoms with E-state index in [0.29, 0.717) is 17.6 Å². The van der Waals surface area contributed by atoms with Crippen molar-refractivity contribution in [3.05, 3.63) is 23.8 Å². The van der Waals surface area contributed by atoms with Gasteiger partial charge in [0, 0.05) is 24.8 Å². The molecule has 5 nitrogen and oxygen atoms in total. The monoisotopic (exact) mass is 274 g/mol. The summed E-state index contributed by atoms with van der Waals surface area (Å²) < 4.78 is 0. The van der Waals surface area contributed by atoms with Crippen LogP contribution in [0.1, 0.15) is 41.7 Å². The van der Waals surface area contributed by atoms with Crippen molar-refractivity contribution in [1.82, 2.24) is 19.8 Å². The summed E-state index contributed by atoms with van der Waals surface area (Å²) in [7, 11) is 2.18. The number of carbonyl (C=O) groups is 1. The van der Waals surface area contributed by atoms with Gasteiger partial charge in [0.2, 0.25) is 0 Å². The molecule has 1 aromatic heterocycles. The highest BCUT2D eigenvalue weighted by Gasteiger charge is 2.38. The van der Waals surface area contributed by atoms with Gasteiger partial charge in [-0.2, -0.15) is 0 Å². The molecule has 1 aromatic rings. The van der Waals surface area contributed by atoms with E-state index in [1.54, 1.807) is 6.20 Å². The highest BCUT2D eigenvalue weighted by molar-refractivity contribution is 5.95. The highest BCUT2D eigenvalue weighted by Crippen LogP contribution is 2.30. The second-order valence-electron chi connectivity index (χ2n) is 5.92. The summed E-state index contributed by atoms with van der Waals surface area (Å²) in [5.41, 5.74) is 1.43. The Balaban J connectivity index is 1.82. The van der Waals surface area contributed by atoms with Crippen LogP contribution < -0.4 is 0 Å². The van der Waals surface area contributed by atoms with Crippen LogP contribution in [-0.2, 0) is 0 Å². The van der Waals surface area contributed by atoms with Gasteiger partial charge in [-0.25, -0.2) is 9.97 Å². The first-order valence-electron chi connectivity index (χ1n) is 7.46. The Labute approximate surface area is 120 Å². The molecular formula is C15H22N4O. The van der Waals surface area contributed by atoms with Crippen molar-refractivity contribution < 1.29 is 4.79 Å². The van der Waals surface area contributed by atoms with E-state index in [2.05, 4.69) is 26.8 Å². The van der Waals surface area contributed by atoms with Gasteiger partial charge in [-0.05, 0) is 46.2 Å². The molecule has 20 heavy (non-hydrogen) atoms. The first kappa shape index (κ1) is 13.5. The van der Waals surface area contributed by atoms with Crippen LogP contribution in [0.4, 0.5) is 0 Å². The SMILES string of the molecule is Cc1ncncc1C(=O)N1CCC[C@@H]1[C@H]1CCCN1C. The second kappa shape index (κ2) is 5.48. The number of likely N-dealkylation sites (N-methyl/N-ethyl adjacent to an activating group) is 1. The molecule has 0 spiro atoms. The molecule has 3 rings (SSSR count). The van der Waals surface area contributed by atoms with E-state index >= 15 is 0 Å². The van der Waals surface area contributed by atoms with Gasteiger partial charge in [-0.1, -0.05) is 0 Å². The minimum atomic E-state index is 0.103. The number of carbonyl (C=O) groups excluding carboxylic acids is 1. The number of aromatic nitrogens is 2. The molecule has 2 fully saturated rings. The van der Waals surface area contributed by atoms with E-state index in [4.69, 9.17) is 0 Å². The quantitative estimate of drug-likeness (QED) is 0.820. The van der Waals surface area contributed by atoms with Crippen LogP contribution >= 0.6 is 0 Å². The second-order valence-corrected chi connectivity index (χ2v) is 5.92. The molecule has 0 saturated carbocycles. The van der Waals surface area contributed by atoms with E-state index in [1.807, 2.05) is 6.92 Å². The molecule has 2 atom stereocenters. The molecule has 1 amide bonds. The zero-order valence-electron chi connectivity index (χ0n) is 12.2. The first-order chi connectivity index (χ1) is 9.68. The van der Waals surface area contributed by atoms with E-state index < -0.39 is 0 Å². The minimum Gasteiger partial charge on any atom is -0.334 e. The Morgan fingerprint density at radius 3 is 2.70 bits per heavy atom. The maximum absolute atomic E-state index is 12.8. The predicted molar refractivity (Wildman–Crippen MR) is 76.5 cm³/mol. The average molecular weight is 274 g/mol. The fraction of sp³-hybridized carbons (Fsp3) is 0.667. The van der Waals surface area contributed by atoms with Crippen molar-refractivity contribution in [2.45, 2.75) is 44.7 Å². The van der Waals surface area contributed by atoms with Crippen LogP contribution in [0.5, 0.6) is 0 Å². The van der Waals surface area contributed by atoms with Crippen molar-refractivity contribution in [1.29, 1.82) is 0 Å². The molecule has 2 aliphatic heterocycles. The molecule has 0 radical (unpaired) electrons. The third-order valence-corrected chi connectivity index (χ3v) is 4.72. The molecular weight excluding hydrogens is 252 g/mol. The fourth-order valence-electron chi connectivity index (χ4n) is 3.62. The Morgan fingerprint density at radius 2 is 2.00 bits per heavy atom. The van der Waals surface area contributed by atoms with Gasteiger partial charge in [-0.15, -0.1) is 0 Å². The maximum atomic E-state index is 12.8. The Hall–Kier alpha value is -1.49. The number of hydrogen-bond donors (Lipinski definition) is 0. The third-order valence-electron chi connectivity index (χ3n) is 4.72. The predicted octanol–water partition coefficient (Wildman–Crippen LogP) is 1.48. The van der Waals surface area contributed by atoms with Crippen LogP contribution in [0, 0.1) is 6.92 Å². The summed E-state index contributed by atoms with van der Waals surface area (Å²) in [4.78, 5) is 25.4. The van der Waals surface area contributed by atoms with E-state index in [0.717, 1.165) is 31.6 Å². The summed E-state index contributed by atoms with van der Waals surface area (Å²) in [5.74, 6) is 0.103. The van der Waals surface area contributed by atoms with Crippen LogP contribution in [-0.4, -0.2) is 57.9 Å². The Morgan fingerprint density at radius 1 is 1.25 bits per heavy atom. The lowest BCUT2D eigenvalue weighted by atomic mass is 10.0. The molecule has 0 aromatic carbocycles. The number of nitrogens with zero attached hydrogens (tertiary/aromatic N) is 4. The van der Waals surface area contributed by atoms with E-state index in [9.17, 15) is 4.79 Å². The van der Waals surface area contributed by atoms with Gasteiger partial charge in [0.25, 0.3) is 5.91 Å². The van der Waals surface area contributed by atoms with E-state index in [1.165, 1.54) is 19.2 Å². The Bertz CT molecular complexity index is 504. The molecule has 2 aliphatic rings. The standard InChI is InChI=1S/C15H22N4O/c1-11-12(9-16-10-17-11)15(20)19-8-4-6-14(19)13-5-3-7-18(13)2/h9-10,13-14H,3-8H2,1-2H3/t13-,14-/m1/s1. The summed E-state index contributed by atoms with van der Waals surface area (Å²) in [6.07, 6.45) is 7.82. The summed E-state index contributed by atoms with van der Waals surface area (Å²) >= 11 is 0. The van der Waals surface area contributed by atoms with Gasteiger partial charge >= 0.3 is 0 Å². The van der Waals surface area contributed by atoms with E-state index in [-0.39, 0.29) is 5.91 Å². The van der Waals surface area contributed by atoms with Crippen LogP contribution in [0.3, 0.4) is 0 Å². The lowest BCUT2D eigenvalue weighted by Crippen LogP contribution is -2.47. The van der Waals surface area contributed by atoms with Crippen LogP contribution in [0.15, 0.2) is 12.5 Å². The molecule has 0 unspecified atom stereocenters. The normalized spacial score (nSPS) is 27.2. The maximum Gasteiger partial charge on any atom is 0.257 e. The van der Waals surface area contributed by atoms with Crippen molar-refractivity contribution in [2.24, 2.45) is 0 Å². The molecule has 2 saturated heterocycles. The van der Waals surface area contributed by atoms with Crippen molar-refractivity contribution >= 4 is 5.91 Å². The van der Waals surface area contributed by atoms with Gasteiger partial charge < -0.3 is 9.80 Å². The average Bonchev–Trinajstić information content (AvgIpc) is 3.06. The summed E-state index contributed by atoms with van der Waals surface area (Å²) in [5, 5.41) is 0. The number of amides is 1. The Kier molecular flexibility index (Phi) is 3.70. The lowest BCUT2D eigenvalue weighted by molar-refractivity contribution is 0.0662. The largest absolute Gasteiger partial charge is 0.334 e. The topological polar surface area (TPSA) is 49.3 Å². The number of aryl methyl sites for hydroxylation is 1.